The van der Waals surface area contributed by atoms with Gasteiger partial charge < -0.3 is 5.73 Å². The largest absolute Gasteiger partial charge is 0.326 e. The molecule has 1 aliphatic rings. The van der Waals surface area contributed by atoms with Crippen LogP contribution < -0.4 is 5.73 Å². The fraction of sp³-hybridized carbons (Fsp3) is 0.286. The Morgan fingerprint density at radius 2 is 1.94 bits per heavy atom. The highest BCUT2D eigenvalue weighted by Crippen LogP contribution is 2.40. The predicted molar refractivity (Wildman–Crippen MR) is 72.3 cm³/mol. The summed E-state index contributed by atoms with van der Waals surface area (Å²) in [5, 5.41) is 0.722. The molecule has 1 heterocycles. The summed E-state index contributed by atoms with van der Waals surface area (Å²) >= 11 is 5.88. The summed E-state index contributed by atoms with van der Waals surface area (Å²) in [6, 6.07) is 7.59. The summed E-state index contributed by atoms with van der Waals surface area (Å²) in [4.78, 5) is 9.06. The van der Waals surface area contributed by atoms with Crippen LogP contribution in [-0.2, 0) is 6.54 Å². The maximum atomic E-state index is 5.88. The Morgan fingerprint density at radius 3 is 2.56 bits per heavy atom. The van der Waals surface area contributed by atoms with Crippen LogP contribution in [0.3, 0.4) is 0 Å². The van der Waals surface area contributed by atoms with E-state index in [1.165, 1.54) is 12.8 Å². The van der Waals surface area contributed by atoms with E-state index in [1.54, 1.807) is 0 Å². The molecule has 0 spiro atoms. The smallest absolute Gasteiger partial charge is 0.159 e. The van der Waals surface area contributed by atoms with E-state index >= 15 is 0 Å². The van der Waals surface area contributed by atoms with E-state index in [2.05, 4.69) is 9.97 Å². The van der Waals surface area contributed by atoms with Gasteiger partial charge in [-0.05, 0) is 37.1 Å². The fourth-order valence-corrected chi connectivity index (χ4v) is 2.15. The minimum Gasteiger partial charge on any atom is -0.326 e. The summed E-state index contributed by atoms with van der Waals surface area (Å²) < 4.78 is 0. The van der Waals surface area contributed by atoms with Gasteiger partial charge in [-0.1, -0.05) is 11.6 Å². The normalized spacial score (nSPS) is 14.8. The van der Waals surface area contributed by atoms with Crippen molar-refractivity contribution in [3.8, 4) is 11.4 Å². The molecule has 1 saturated carbocycles. The number of hydrogen-bond acceptors (Lipinski definition) is 3. The first-order chi connectivity index (χ1) is 8.78. The van der Waals surface area contributed by atoms with E-state index < -0.39 is 0 Å². The molecule has 0 radical (unpaired) electrons. The summed E-state index contributed by atoms with van der Waals surface area (Å²) in [6.07, 6.45) is 4.28. The summed E-state index contributed by atoms with van der Waals surface area (Å²) in [5.41, 5.74) is 8.91. The van der Waals surface area contributed by atoms with Crippen LogP contribution in [0.2, 0.25) is 5.02 Å². The number of benzene rings is 1. The third-order valence-corrected chi connectivity index (χ3v) is 3.44. The molecule has 2 aromatic rings. The average Bonchev–Trinajstić information content (AvgIpc) is 3.23. The molecule has 1 aromatic carbocycles. The number of aromatic nitrogens is 2. The van der Waals surface area contributed by atoms with Gasteiger partial charge in [0.1, 0.15) is 0 Å². The Morgan fingerprint density at radius 1 is 1.22 bits per heavy atom. The van der Waals surface area contributed by atoms with Crippen molar-refractivity contribution >= 4 is 11.6 Å². The molecule has 3 nitrogen and oxygen atoms in total. The molecule has 18 heavy (non-hydrogen) atoms. The van der Waals surface area contributed by atoms with Crippen molar-refractivity contribution in [3.05, 3.63) is 46.7 Å². The maximum Gasteiger partial charge on any atom is 0.159 e. The molecule has 3 rings (SSSR count). The number of halogens is 1. The molecule has 1 aliphatic carbocycles. The first kappa shape index (κ1) is 11.6. The lowest BCUT2D eigenvalue weighted by Crippen LogP contribution is -2.05. The van der Waals surface area contributed by atoms with Gasteiger partial charge in [-0.2, -0.15) is 0 Å². The van der Waals surface area contributed by atoms with Gasteiger partial charge in [0.15, 0.2) is 5.82 Å². The van der Waals surface area contributed by atoms with Crippen LogP contribution in [0.25, 0.3) is 11.4 Å². The van der Waals surface area contributed by atoms with Gasteiger partial charge in [0.25, 0.3) is 0 Å². The second-order valence-electron chi connectivity index (χ2n) is 4.59. The molecule has 0 bridgehead atoms. The fourth-order valence-electron chi connectivity index (χ4n) is 2.03. The van der Waals surface area contributed by atoms with Gasteiger partial charge in [-0.25, -0.2) is 9.97 Å². The molecule has 0 amide bonds. The number of rotatable bonds is 3. The Hall–Kier alpha value is -1.45. The zero-order chi connectivity index (χ0) is 12.5. The van der Waals surface area contributed by atoms with E-state index in [1.807, 2.05) is 30.5 Å². The van der Waals surface area contributed by atoms with E-state index in [0.29, 0.717) is 12.5 Å². The summed E-state index contributed by atoms with van der Waals surface area (Å²) in [6.45, 7) is 0.507. The lowest BCUT2D eigenvalue weighted by atomic mass is 10.1. The van der Waals surface area contributed by atoms with Gasteiger partial charge in [0.2, 0.25) is 0 Å². The Bertz CT molecular complexity index is 562. The summed E-state index contributed by atoms with van der Waals surface area (Å²) in [7, 11) is 0. The lowest BCUT2D eigenvalue weighted by Gasteiger charge is -2.08. The second kappa shape index (κ2) is 4.67. The molecule has 1 fully saturated rings. The molecule has 0 saturated heterocycles. The molecule has 92 valence electrons. The predicted octanol–water partition coefficient (Wildman–Crippen LogP) is 3.13. The number of nitrogens with zero attached hydrogens (tertiary/aromatic N) is 2. The minimum atomic E-state index is 0.507. The molecular formula is C14H14ClN3. The molecule has 0 atom stereocenters. The Kier molecular flexibility index (Phi) is 3.02. The van der Waals surface area contributed by atoms with E-state index in [4.69, 9.17) is 17.3 Å². The van der Waals surface area contributed by atoms with Gasteiger partial charge in [0, 0.05) is 34.8 Å². The van der Waals surface area contributed by atoms with Crippen LogP contribution in [-0.4, -0.2) is 9.97 Å². The molecule has 0 unspecified atom stereocenters. The van der Waals surface area contributed by atoms with Crippen LogP contribution in [0.5, 0.6) is 0 Å². The van der Waals surface area contributed by atoms with Crippen molar-refractivity contribution in [1.29, 1.82) is 0 Å². The SMILES string of the molecule is NCc1cnc(-c2ccc(Cl)cc2)nc1C1CC1. The first-order valence-electron chi connectivity index (χ1n) is 6.10. The van der Waals surface area contributed by atoms with Crippen molar-refractivity contribution < 1.29 is 0 Å². The van der Waals surface area contributed by atoms with Gasteiger partial charge in [0.05, 0.1) is 5.69 Å². The van der Waals surface area contributed by atoms with Crippen molar-refractivity contribution in [2.45, 2.75) is 25.3 Å². The lowest BCUT2D eigenvalue weighted by molar-refractivity contribution is 0.911. The summed E-state index contributed by atoms with van der Waals surface area (Å²) in [5.74, 6) is 1.34. The van der Waals surface area contributed by atoms with Crippen molar-refractivity contribution in [2.24, 2.45) is 5.73 Å². The first-order valence-corrected chi connectivity index (χ1v) is 6.47. The van der Waals surface area contributed by atoms with Crippen LogP contribution in [0.15, 0.2) is 30.5 Å². The molecule has 4 heteroatoms. The number of nitrogens with two attached hydrogens (primary N) is 1. The maximum absolute atomic E-state index is 5.88. The van der Waals surface area contributed by atoms with Crippen LogP contribution in [0, 0.1) is 0 Å². The molecule has 0 aliphatic heterocycles. The highest BCUT2D eigenvalue weighted by molar-refractivity contribution is 6.30. The second-order valence-corrected chi connectivity index (χ2v) is 5.03. The van der Waals surface area contributed by atoms with E-state index in [9.17, 15) is 0 Å². The minimum absolute atomic E-state index is 0.507. The quantitative estimate of drug-likeness (QED) is 0.921. The van der Waals surface area contributed by atoms with Crippen molar-refractivity contribution in [1.82, 2.24) is 9.97 Å². The van der Waals surface area contributed by atoms with Crippen LogP contribution in [0.1, 0.15) is 30.0 Å². The average molecular weight is 260 g/mol. The third kappa shape index (κ3) is 2.24. The van der Waals surface area contributed by atoms with E-state index in [0.717, 1.165) is 27.7 Å². The van der Waals surface area contributed by atoms with Gasteiger partial charge >= 0.3 is 0 Å². The van der Waals surface area contributed by atoms with Crippen LogP contribution in [0.4, 0.5) is 0 Å². The van der Waals surface area contributed by atoms with Crippen molar-refractivity contribution in [2.75, 3.05) is 0 Å². The third-order valence-electron chi connectivity index (χ3n) is 3.18. The molecule has 1 aromatic heterocycles. The van der Waals surface area contributed by atoms with Gasteiger partial charge in [-0.15, -0.1) is 0 Å². The molecular weight excluding hydrogens is 246 g/mol. The monoisotopic (exact) mass is 259 g/mol. The van der Waals surface area contributed by atoms with E-state index in [-0.39, 0.29) is 0 Å². The topological polar surface area (TPSA) is 51.8 Å². The zero-order valence-electron chi connectivity index (χ0n) is 9.94. The Labute approximate surface area is 111 Å². The Balaban J connectivity index is 2.02. The standard InChI is InChI=1S/C14H14ClN3/c15-12-5-3-10(4-6-12)14-17-8-11(7-16)13(18-14)9-1-2-9/h3-6,8-9H,1-2,7,16H2. The number of hydrogen-bond donors (Lipinski definition) is 1. The van der Waals surface area contributed by atoms with Crippen molar-refractivity contribution in [3.63, 3.8) is 0 Å². The van der Waals surface area contributed by atoms with Crippen LogP contribution >= 0.6 is 11.6 Å². The highest BCUT2D eigenvalue weighted by Gasteiger charge is 2.27. The van der Waals surface area contributed by atoms with Gasteiger partial charge in [-0.3, -0.25) is 0 Å². The molecule has 2 N–H and O–H groups in total. The zero-order valence-corrected chi connectivity index (χ0v) is 10.7. The highest BCUT2D eigenvalue weighted by atomic mass is 35.5.